The summed E-state index contributed by atoms with van der Waals surface area (Å²) < 4.78 is 0. The van der Waals surface area contributed by atoms with E-state index >= 15 is 0 Å². The number of fused-ring (bicyclic) bond motifs is 5. The molecule has 6 heteroatoms. The maximum absolute atomic E-state index is 12.3. The minimum atomic E-state index is -0.143. The molecule has 10 atom stereocenters. The maximum atomic E-state index is 12.3. The van der Waals surface area contributed by atoms with Gasteiger partial charge in [-0.2, -0.15) is 0 Å². The van der Waals surface area contributed by atoms with Crippen molar-refractivity contribution in [1.29, 1.82) is 0 Å². The van der Waals surface area contributed by atoms with Gasteiger partial charge in [0.2, 0.25) is 5.91 Å². The molecule has 0 radical (unpaired) electrons. The zero-order valence-corrected chi connectivity index (χ0v) is 26.6. The molecule has 4 aliphatic rings. The first-order valence-corrected chi connectivity index (χ1v) is 17.2. The number of aliphatic hydroxyl groups excluding tert-OH is 1. The minimum absolute atomic E-state index is 0.143. The van der Waals surface area contributed by atoms with Crippen LogP contribution in [0.4, 0.5) is 0 Å². The number of carbonyl (C=O) groups excluding carboxylic acids is 1. The Morgan fingerprint density at radius 2 is 1.65 bits per heavy atom. The lowest BCUT2D eigenvalue weighted by Gasteiger charge is -2.62. The number of rotatable bonds is 14. The molecule has 4 rings (SSSR count). The molecule has 0 saturated heterocycles. The molecule has 0 aromatic rings. The highest BCUT2D eigenvalue weighted by molar-refractivity contribution is 5.76. The average molecular weight is 561 g/mol. The third-order valence-electron chi connectivity index (χ3n) is 12.5. The highest BCUT2D eigenvalue weighted by Crippen LogP contribution is 2.68. The molecule has 4 aliphatic carbocycles. The number of nitrogens with two attached hydrogens (primary N) is 1. The number of unbranched alkanes of at least 4 members (excludes halogenated alkanes) is 1. The van der Waals surface area contributed by atoms with Crippen molar-refractivity contribution in [3.8, 4) is 0 Å². The van der Waals surface area contributed by atoms with Gasteiger partial charge in [0.15, 0.2) is 0 Å². The summed E-state index contributed by atoms with van der Waals surface area (Å²) in [5.41, 5.74) is 6.28. The molecule has 4 saturated carbocycles. The van der Waals surface area contributed by atoms with Gasteiger partial charge in [-0.05, 0) is 163 Å². The monoisotopic (exact) mass is 561 g/mol. The summed E-state index contributed by atoms with van der Waals surface area (Å²) in [5.74, 6) is 3.87. The normalized spacial score (nSPS) is 39.9. The van der Waals surface area contributed by atoms with Crippen molar-refractivity contribution in [2.75, 3.05) is 26.2 Å². The van der Waals surface area contributed by atoms with Crippen molar-refractivity contribution in [3.63, 3.8) is 0 Å². The van der Waals surface area contributed by atoms with Gasteiger partial charge in [-0.3, -0.25) is 4.79 Å². The van der Waals surface area contributed by atoms with Gasteiger partial charge in [-0.15, -0.1) is 0 Å². The lowest BCUT2D eigenvalue weighted by molar-refractivity contribution is -0.167. The Hall–Kier alpha value is -0.690. The fourth-order valence-electron chi connectivity index (χ4n) is 10.4. The smallest absolute Gasteiger partial charge is 0.220 e. The largest absolute Gasteiger partial charge is 0.393 e. The predicted octanol–water partition coefficient (Wildman–Crippen LogP) is 5.23. The van der Waals surface area contributed by atoms with Crippen LogP contribution in [0.1, 0.15) is 118 Å². The van der Waals surface area contributed by atoms with E-state index in [9.17, 15) is 9.90 Å². The number of aliphatic hydroxyl groups is 1. The third kappa shape index (κ3) is 7.09. The first-order valence-electron chi connectivity index (χ1n) is 17.2. The molecule has 4 fully saturated rings. The van der Waals surface area contributed by atoms with Crippen molar-refractivity contribution < 1.29 is 9.90 Å². The van der Waals surface area contributed by atoms with Gasteiger partial charge in [0.05, 0.1) is 6.10 Å². The Balaban J connectivity index is 1.30. The predicted molar refractivity (Wildman–Crippen MR) is 166 cm³/mol. The summed E-state index contributed by atoms with van der Waals surface area (Å²) in [6, 6.07) is 0.826. The van der Waals surface area contributed by atoms with E-state index in [-0.39, 0.29) is 18.1 Å². The second kappa shape index (κ2) is 14.2. The summed E-state index contributed by atoms with van der Waals surface area (Å²) in [5, 5.41) is 22.2. The van der Waals surface area contributed by atoms with Gasteiger partial charge >= 0.3 is 0 Å². The molecule has 232 valence electrons. The van der Waals surface area contributed by atoms with Crippen LogP contribution in [0.15, 0.2) is 0 Å². The van der Waals surface area contributed by atoms with Crippen molar-refractivity contribution >= 4 is 5.91 Å². The van der Waals surface area contributed by atoms with E-state index in [1.165, 1.54) is 57.8 Å². The number of amides is 1. The Labute approximate surface area is 246 Å². The van der Waals surface area contributed by atoms with Crippen molar-refractivity contribution in [1.82, 2.24) is 16.0 Å². The van der Waals surface area contributed by atoms with Crippen LogP contribution in [-0.2, 0) is 4.79 Å². The van der Waals surface area contributed by atoms with Crippen LogP contribution in [0.5, 0.6) is 0 Å². The zero-order chi connectivity index (χ0) is 28.9. The molecule has 0 aliphatic heterocycles. The molecule has 0 spiro atoms. The van der Waals surface area contributed by atoms with Gasteiger partial charge in [-0.25, -0.2) is 0 Å². The SMILES string of the molecule is CC(C)NC(=O)CC[C@@H](C)[C@H]1CCC2C3C(CC[C@@]21C)[C@@]1(C)CC[C@H](NCCCNCCCCN)CC1C[C@H]3O. The summed E-state index contributed by atoms with van der Waals surface area (Å²) in [7, 11) is 0. The summed E-state index contributed by atoms with van der Waals surface area (Å²) in [6.07, 6.45) is 14.9. The lowest BCUT2D eigenvalue weighted by atomic mass is 9.43. The van der Waals surface area contributed by atoms with Gasteiger partial charge < -0.3 is 26.8 Å². The zero-order valence-electron chi connectivity index (χ0n) is 26.6. The molecule has 4 unspecified atom stereocenters. The number of nitrogens with one attached hydrogen (secondary N) is 3. The van der Waals surface area contributed by atoms with Crippen molar-refractivity contribution in [3.05, 3.63) is 0 Å². The number of hydrogen-bond acceptors (Lipinski definition) is 5. The Bertz CT molecular complexity index is 807. The van der Waals surface area contributed by atoms with E-state index in [1.807, 2.05) is 13.8 Å². The quantitative estimate of drug-likeness (QED) is 0.187. The van der Waals surface area contributed by atoms with Crippen LogP contribution in [-0.4, -0.2) is 55.4 Å². The molecular formula is C34H64N4O2. The van der Waals surface area contributed by atoms with Crippen molar-refractivity contribution in [2.24, 2.45) is 52.1 Å². The van der Waals surface area contributed by atoms with Gasteiger partial charge in [0.25, 0.3) is 0 Å². The van der Waals surface area contributed by atoms with Crippen LogP contribution >= 0.6 is 0 Å². The molecule has 6 N–H and O–H groups in total. The van der Waals surface area contributed by atoms with E-state index in [1.54, 1.807) is 0 Å². The average Bonchev–Trinajstić information content (AvgIpc) is 3.26. The molecule has 0 heterocycles. The van der Waals surface area contributed by atoms with E-state index < -0.39 is 0 Å². The van der Waals surface area contributed by atoms with E-state index in [0.717, 1.165) is 45.4 Å². The third-order valence-corrected chi connectivity index (χ3v) is 12.5. The summed E-state index contributed by atoms with van der Waals surface area (Å²) in [4.78, 5) is 12.3. The van der Waals surface area contributed by atoms with Gasteiger partial charge in [0.1, 0.15) is 0 Å². The molecule has 1 amide bonds. The van der Waals surface area contributed by atoms with Crippen molar-refractivity contribution in [2.45, 2.75) is 136 Å². The van der Waals surface area contributed by atoms with Gasteiger partial charge in [-0.1, -0.05) is 20.8 Å². The fourth-order valence-corrected chi connectivity index (χ4v) is 10.4. The van der Waals surface area contributed by atoms with Crippen LogP contribution in [0, 0.1) is 46.3 Å². The molecule has 0 aromatic carbocycles. The Morgan fingerprint density at radius 3 is 2.40 bits per heavy atom. The van der Waals surface area contributed by atoms with Crippen LogP contribution in [0.2, 0.25) is 0 Å². The standard InChI is InChI=1S/C34H64N4O2/c1-23(2)38-31(40)12-9-24(3)27-10-11-28-32-29(14-16-34(27,28)5)33(4)15-13-26(21-25(33)22-30(32)39)37-20-8-19-36-18-7-6-17-35/h23-30,32,36-37,39H,6-22,35H2,1-5H3,(H,38,40)/t24-,25?,26+,27-,28?,29?,30-,32?,33+,34-/m1/s1. The second-order valence-electron chi connectivity index (χ2n) is 15.3. The number of hydrogen-bond donors (Lipinski definition) is 5. The second-order valence-corrected chi connectivity index (χ2v) is 15.3. The minimum Gasteiger partial charge on any atom is -0.393 e. The molecular weight excluding hydrogens is 496 g/mol. The Kier molecular flexibility index (Phi) is 11.4. The molecule has 0 aromatic heterocycles. The lowest BCUT2D eigenvalue weighted by Crippen LogP contribution is -2.59. The Morgan fingerprint density at radius 1 is 0.925 bits per heavy atom. The fraction of sp³-hybridized carbons (Fsp3) is 0.971. The highest BCUT2D eigenvalue weighted by atomic mass is 16.3. The van der Waals surface area contributed by atoms with E-state index in [2.05, 4.69) is 36.7 Å². The highest BCUT2D eigenvalue weighted by Gasteiger charge is 2.62. The first-order chi connectivity index (χ1) is 19.1. The van der Waals surface area contributed by atoms with Crippen LogP contribution in [0.25, 0.3) is 0 Å². The number of carbonyl (C=O) groups is 1. The van der Waals surface area contributed by atoms with Gasteiger partial charge in [0, 0.05) is 18.5 Å². The maximum Gasteiger partial charge on any atom is 0.220 e. The molecule has 6 nitrogen and oxygen atoms in total. The molecule has 0 bridgehead atoms. The molecule has 40 heavy (non-hydrogen) atoms. The van der Waals surface area contributed by atoms with Crippen LogP contribution in [0.3, 0.4) is 0 Å². The van der Waals surface area contributed by atoms with E-state index in [4.69, 9.17) is 5.73 Å². The summed E-state index contributed by atoms with van der Waals surface area (Å²) in [6.45, 7) is 15.7. The topological polar surface area (TPSA) is 99.4 Å². The first kappa shape index (κ1) is 32.2. The summed E-state index contributed by atoms with van der Waals surface area (Å²) >= 11 is 0. The van der Waals surface area contributed by atoms with Crippen LogP contribution < -0.4 is 21.7 Å². The van der Waals surface area contributed by atoms with E-state index in [0.29, 0.717) is 58.8 Å².